The van der Waals surface area contributed by atoms with Crippen molar-refractivity contribution in [1.82, 2.24) is 4.90 Å². The van der Waals surface area contributed by atoms with Gasteiger partial charge < -0.3 is 10.2 Å². The minimum Gasteiger partial charge on any atom is -0.480 e. The zero-order valence-electron chi connectivity index (χ0n) is 8.36. The van der Waals surface area contributed by atoms with E-state index in [0.29, 0.717) is 13.0 Å². The quantitative estimate of drug-likeness (QED) is 0.669. The Balaban J connectivity index is 2.94. The van der Waals surface area contributed by atoms with E-state index in [1.807, 2.05) is 6.92 Å². The first-order valence-corrected chi connectivity index (χ1v) is 4.62. The van der Waals surface area contributed by atoms with Crippen LogP contribution in [0.3, 0.4) is 0 Å². The Labute approximate surface area is 82.3 Å². The van der Waals surface area contributed by atoms with Crippen molar-refractivity contribution in [3.05, 3.63) is 0 Å². The highest BCUT2D eigenvalue weighted by atomic mass is 16.4. The average Bonchev–Trinajstić information content (AvgIpc) is 2.02. The maximum atomic E-state index is 11.0. The van der Waals surface area contributed by atoms with Crippen LogP contribution in [0.5, 0.6) is 0 Å². The number of carboxylic acid groups (broad SMARTS) is 2. The van der Waals surface area contributed by atoms with Crippen molar-refractivity contribution in [2.45, 2.75) is 32.2 Å². The number of piperidine rings is 1. The van der Waals surface area contributed by atoms with Gasteiger partial charge in [-0.25, -0.2) is 9.59 Å². The monoisotopic (exact) mass is 201 g/mol. The van der Waals surface area contributed by atoms with Crippen LogP contribution < -0.4 is 0 Å². The molecule has 2 atom stereocenters. The van der Waals surface area contributed by atoms with E-state index in [-0.39, 0.29) is 5.92 Å². The lowest BCUT2D eigenvalue weighted by Crippen LogP contribution is -2.58. The van der Waals surface area contributed by atoms with Crippen molar-refractivity contribution in [2.75, 3.05) is 6.54 Å². The van der Waals surface area contributed by atoms with E-state index in [1.54, 1.807) is 0 Å². The van der Waals surface area contributed by atoms with Gasteiger partial charge in [0.25, 0.3) is 0 Å². The Morgan fingerprint density at radius 2 is 2.00 bits per heavy atom. The Morgan fingerprint density at radius 1 is 1.43 bits per heavy atom. The lowest BCUT2D eigenvalue weighted by molar-refractivity contribution is -0.152. The topological polar surface area (TPSA) is 77.8 Å². The summed E-state index contributed by atoms with van der Waals surface area (Å²) < 4.78 is 0. The van der Waals surface area contributed by atoms with Gasteiger partial charge in [0.1, 0.15) is 5.54 Å². The van der Waals surface area contributed by atoms with Gasteiger partial charge in [-0.05, 0) is 25.7 Å². The van der Waals surface area contributed by atoms with E-state index < -0.39 is 17.6 Å². The van der Waals surface area contributed by atoms with E-state index in [4.69, 9.17) is 10.2 Å². The third-order valence-corrected chi connectivity index (χ3v) is 2.88. The number of likely N-dealkylation sites (tertiary alicyclic amines) is 1. The third kappa shape index (κ3) is 1.66. The van der Waals surface area contributed by atoms with Crippen LogP contribution in [0.1, 0.15) is 26.7 Å². The summed E-state index contributed by atoms with van der Waals surface area (Å²) in [6.45, 7) is 3.72. The van der Waals surface area contributed by atoms with Gasteiger partial charge in [0.15, 0.2) is 0 Å². The van der Waals surface area contributed by atoms with Gasteiger partial charge in [0, 0.05) is 6.54 Å². The van der Waals surface area contributed by atoms with Crippen molar-refractivity contribution >= 4 is 12.1 Å². The molecule has 1 aliphatic heterocycles. The number of carbonyl (C=O) groups is 2. The summed E-state index contributed by atoms with van der Waals surface area (Å²) >= 11 is 0. The fraction of sp³-hybridized carbons (Fsp3) is 0.778. The first-order chi connectivity index (χ1) is 6.38. The van der Waals surface area contributed by atoms with Gasteiger partial charge >= 0.3 is 12.1 Å². The van der Waals surface area contributed by atoms with Crippen molar-refractivity contribution in [3.63, 3.8) is 0 Å². The normalized spacial score (nSPS) is 32.7. The third-order valence-electron chi connectivity index (χ3n) is 2.88. The maximum Gasteiger partial charge on any atom is 0.408 e. The molecule has 0 aromatic carbocycles. The molecule has 14 heavy (non-hydrogen) atoms. The first-order valence-electron chi connectivity index (χ1n) is 4.62. The molecule has 0 bridgehead atoms. The second-order valence-electron chi connectivity index (χ2n) is 4.11. The van der Waals surface area contributed by atoms with E-state index in [1.165, 1.54) is 6.92 Å². The Hall–Kier alpha value is -1.26. The van der Waals surface area contributed by atoms with Crippen LogP contribution in [-0.2, 0) is 4.79 Å². The van der Waals surface area contributed by atoms with Crippen LogP contribution in [0.25, 0.3) is 0 Å². The van der Waals surface area contributed by atoms with Crippen LogP contribution in [0.2, 0.25) is 0 Å². The SMILES string of the molecule is CC1CCN(C(=O)O)C(C)(C(=O)O)C1. The van der Waals surface area contributed by atoms with Gasteiger partial charge in [-0.2, -0.15) is 0 Å². The Morgan fingerprint density at radius 3 is 2.43 bits per heavy atom. The number of hydrogen-bond acceptors (Lipinski definition) is 2. The highest BCUT2D eigenvalue weighted by molar-refractivity contribution is 5.83. The number of hydrogen-bond donors (Lipinski definition) is 2. The van der Waals surface area contributed by atoms with E-state index in [0.717, 1.165) is 11.3 Å². The van der Waals surface area contributed by atoms with Crippen molar-refractivity contribution in [3.8, 4) is 0 Å². The zero-order chi connectivity index (χ0) is 10.9. The lowest BCUT2D eigenvalue weighted by Gasteiger charge is -2.42. The maximum absolute atomic E-state index is 11.0. The molecular weight excluding hydrogens is 186 g/mol. The predicted octanol–water partition coefficient (Wildman–Crippen LogP) is 1.24. The molecule has 0 spiro atoms. The van der Waals surface area contributed by atoms with Gasteiger partial charge in [0.05, 0.1) is 0 Å². The standard InChI is InChI=1S/C9H15NO4/c1-6-3-4-10(8(13)14)9(2,5-6)7(11)12/h6H,3-5H2,1-2H3,(H,11,12)(H,13,14). The Kier molecular flexibility index (Phi) is 2.69. The predicted molar refractivity (Wildman–Crippen MR) is 49.2 cm³/mol. The summed E-state index contributed by atoms with van der Waals surface area (Å²) in [5, 5.41) is 17.9. The number of carboxylic acids is 1. The molecule has 2 N–H and O–H groups in total. The Bertz CT molecular complexity index is 266. The fourth-order valence-electron chi connectivity index (χ4n) is 2.00. The minimum atomic E-state index is -1.26. The molecule has 0 saturated carbocycles. The highest BCUT2D eigenvalue weighted by Gasteiger charge is 2.46. The van der Waals surface area contributed by atoms with E-state index in [2.05, 4.69) is 0 Å². The summed E-state index contributed by atoms with van der Waals surface area (Å²) in [6.07, 6.45) is -0.0362. The molecule has 1 amide bonds. The van der Waals surface area contributed by atoms with Crippen LogP contribution >= 0.6 is 0 Å². The van der Waals surface area contributed by atoms with Gasteiger partial charge in [-0.1, -0.05) is 6.92 Å². The largest absolute Gasteiger partial charge is 0.480 e. The van der Waals surface area contributed by atoms with Crippen LogP contribution in [0.4, 0.5) is 4.79 Å². The summed E-state index contributed by atoms with van der Waals surface area (Å²) in [4.78, 5) is 22.9. The molecule has 1 fully saturated rings. The first kappa shape index (κ1) is 10.8. The summed E-state index contributed by atoms with van der Waals surface area (Å²) in [5.41, 5.74) is -1.26. The lowest BCUT2D eigenvalue weighted by atomic mass is 9.82. The molecule has 0 radical (unpaired) electrons. The van der Waals surface area contributed by atoms with Crippen molar-refractivity contribution in [2.24, 2.45) is 5.92 Å². The molecule has 1 aliphatic rings. The van der Waals surface area contributed by atoms with Crippen LogP contribution in [0, 0.1) is 5.92 Å². The molecule has 0 aromatic rings. The molecule has 80 valence electrons. The molecule has 0 aliphatic carbocycles. The fourth-order valence-corrected chi connectivity index (χ4v) is 2.00. The number of rotatable bonds is 1. The van der Waals surface area contributed by atoms with E-state index in [9.17, 15) is 9.59 Å². The van der Waals surface area contributed by atoms with E-state index >= 15 is 0 Å². The molecule has 1 saturated heterocycles. The van der Waals surface area contributed by atoms with Crippen molar-refractivity contribution < 1.29 is 19.8 Å². The molecule has 0 aromatic heterocycles. The van der Waals surface area contributed by atoms with Gasteiger partial charge in [0.2, 0.25) is 0 Å². The van der Waals surface area contributed by atoms with Gasteiger partial charge in [-0.15, -0.1) is 0 Å². The smallest absolute Gasteiger partial charge is 0.408 e. The van der Waals surface area contributed by atoms with Crippen LogP contribution in [-0.4, -0.2) is 39.3 Å². The molecular formula is C9H15NO4. The molecule has 5 nitrogen and oxygen atoms in total. The van der Waals surface area contributed by atoms with Crippen LogP contribution in [0.15, 0.2) is 0 Å². The number of aliphatic carboxylic acids is 1. The van der Waals surface area contributed by atoms with Gasteiger partial charge in [-0.3, -0.25) is 4.90 Å². The minimum absolute atomic E-state index is 0.256. The molecule has 2 unspecified atom stereocenters. The zero-order valence-corrected chi connectivity index (χ0v) is 8.36. The summed E-state index contributed by atoms with van der Waals surface area (Å²) in [6, 6.07) is 0. The number of amides is 1. The molecule has 1 rings (SSSR count). The second-order valence-corrected chi connectivity index (χ2v) is 4.11. The summed E-state index contributed by atoms with van der Waals surface area (Å²) in [5.74, 6) is -0.807. The molecule has 1 heterocycles. The second kappa shape index (κ2) is 3.48. The average molecular weight is 201 g/mol. The summed E-state index contributed by atoms with van der Waals surface area (Å²) in [7, 11) is 0. The van der Waals surface area contributed by atoms with Crippen molar-refractivity contribution in [1.29, 1.82) is 0 Å². The number of nitrogens with zero attached hydrogens (tertiary/aromatic N) is 1. The highest BCUT2D eigenvalue weighted by Crippen LogP contribution is 2.31. The molecule has 5 heteroatoms.